The van der Waals surface area contributed by atoms with E-state index in [1.807, 2.05) is 23.5 Å². The molecule has 0 spiro atoms. The highest BCUT2D eigenvalue weighted by molar-refractivity contribution is 8.05. The van der Waals surface area contributed by atoms with Gasteiger partial charge < -0.3 is 14.6 Å². The normalized spacial score (nSPS) is 12.9. The third-order valence-electron chi connectivity index (χ3n) is 15.0. The van der Waals surface area contributed by atoms with E-state index in [1.54, 1.807) is 0 Å². The molecular formula is C68H56BN3S2. The van der Waals surface area contributed by atoms with Gasteiger partial charge in [-0.15, -0.1) is 0 Å². The van der Waals surface area contributed by atoms with Crippen LogP contribution in [0.4, 0.5) is 45.5 Å². The fourth-order valence-corrected chi connectivity index (χ4v) is 13.8. The Kier molecular flexibility index (Phi) is 12.5. The van der Waals surface area contributed by atoms with E-state index in [1.165, 1.54) is 103 Å². The molecule has 0 radical (unpaired) electrons. The molecule has 0 aliphatic carbocycles. The van der Waals surface area contributed by atoms with Crippen LogP contribution in [0.3, 0.4) is 0 Å². The summed E-state index contributed by atoms with van der Waals surface area (Å²) in [6, 6.07) is 86.8. The second-order valence-corrected chi connectivity index (χ2v) is 21.9. The van der Waals surface area contributed by atoms with Crippen molar-refractivity contribution in [2.45, 2.75) is 72.0 Å². The van der Waals surface area contributed by atoms with Crippen LogP contribution in [0, 0.1) is 0 Å². The fraction of sp³-hybridized carbons (Fsp3) is 0.118. The van der Waals surface area contributed by atoms with Crippen LogP contribution < -0.4 is 25.5 Å². The minimum atomic E-state index is -0.182. The summed E-state index contributed by atoms with van der Waals surface area (Å²) >= 11 is 3.81. The van der Waals surface area contributed by atoms with Crippen molar-refractivity contribution in [1.29, 1.82) is 0 Å². The van der Waals surface area contributed by atoms with Crippen LogP contribution in [0.2, 0.25) is 0 Å². The second-order valence-electron chi connectivity index (χ2n) is 19.7. The van der Waals surface area contributed by atoms with Crippen LogP contribution in [0.25, 0.3) is 33.4 Å². The molecule has 10 aromatic carbocycles. The highest BCUT2D eigenvalue weighted by Gasteiger charge is 2.47. The first kappa shape index (κ1) is 46.2. The minimum absolute atomic E-state index is 0.182. The van der Waals surface area contributed by atoms with Crippen LogP contribution in [0.5, 0.6) is 0 Å². The van der Waals surface area contributed by atoms with E-state index in [0.29, 0.717) is 0 Å². The van der Waals surface area contributed by atoms with Crippen molar-refractivity contribution in [3.05, 3.63) is 242 Å². The Bertz CT molecular complexity index is 3640. The molecule has 0 amide bonds. The van der Waals surface area contributed by atoms with Crippen molar-refractivity contribution in [2.75, 3.05) is 14.6 Å². The van der Waals surface area contributed by atoms with Crippen molar-refractivity contribution in [1.82, 2.24) is 0 Å². The summed E-state index contributed by atoms with van der Waals surface area (Å²) in [5, 5.41) is 0. The molecule has 0 unspecified atom stereocenters. The van der Waals surface area contributed by atoms with Gasteiger partial charge in [-0.3, -0.25) is 0 Å². The molecule has 3 aliphatic rings. The van der Waals surface area contributed by atoms with E-state index >= 15 is 0 Å². The standard InChI is InChI=1S/C68H56BN3S2/c1-3-5-23-47-37-39-59(55(41-47)49-25-11-7-12-26-49)71-62-46-67-66(73-64-35-21-22-36-65(64)74-67)45-58(62)69-68-57(43-53(44-63(68)71)70(51-29-15-9-16-30-51)52-31-17-10-18-32-52)54-33-19-20-34-60(54)72(69)61-40-38-48(24-6-4-2)42-56(61)50-27-13-8-14-28-50/h7-22,25-46H,3-6,23-24H2,1-2H3. The molecule has 0 saturated heterocycles. The van der Waals surface area contributed by atoms with Crippen LogP contribution in [-0.4, -0.2) is 6.85 Å². The molecule has 13 rings (SSSR count). The highest BCUT2D eigenvalue weighted by atomic mass is 32.2. The third-order valence-corrected chi connectivity index (χ3v) is 17.5. The zero-order chi connectivity index (χ0) is 49.5. The van der Waals surface area contributed by atoms with Crippen molar-refractivity contribution in [3.63, 3.8) is 0 Å². The molecule has 0 bridgehead atoms. The predicted molar refractivity (Wildman–Crippen MR) is 318 cm³/mol. The van der Waals surface area contributed by atoms with E-state index in [0.717, 1.165) is 55.6 Å². The number of rotatable bonds is 13. The van der Waals surface area contributed by atoms with E-state index in [4.69, 9.17) is 0 Å². The highest BCUT2D eigenvalue weighted by Crippen LogP contribution is 2.55. The Labute approximate surface area is 445 Å². The van der Waals surface area contributed by atoms with E-state index in [2.05, 4.69) is 259 Å². The number of benzene rings is 10. The zero-order valence-electron chi connectivity index (χ0n) is 41.9. The maximum Gasteiger partial charge on any atom is 0.333 e. The average Bonchev–Trinajstić information content (AvgIpc) is 3.47. The molecule has 358 valence electrons. The molecule has 3 heterocycles. The quantitative estimate of drug-likeness (QED) is 0.106. The summed E-state index contributed by atoms with van der Waals surface area (Å²) < 4.78 is 0. The summed E-state index contributed by atoms with van der Waals surface area (Å²) in [5.41, 5.74) is 22.0. The van der Waals surface area contributed by atoms with Gasteiger partial charge in [0.05, 0.1) is 5.69 Å². The first-order valence-corrected chi connectivity index (χ1v) is 28.0. The molecule has 74 heavy (non-hydrogen) atoms. The number of anilines is 8. The molecule has 0 fully saturated rings. The topological polar surface area (TPSA) is 9.72 Å². The van der Waals surface area contributed by atoms with Gasteiger partial charge >= 0.3 is 6.85 Å². The lowest BCUT2D eigenvalue weighted by molar-refractivity contribution is 0.795. The molecule has 0 atom stereocenters. The first-order chi connectivity index (χ1) is 36.6. The van der Waals surface area contributed by atoms with Crippen LogP contribution in [-0.2, 0) is 12.8 Å². The maximum absolute atomic E-state index is 2.71. The van der Waals surface area contributed by atoms with E-state index in [-0.39, 0.29) is 6.85 Å². The number of nitrogens with zero attached hydrogens (tertiary/aromatic N) is 3. The summed E-state index contributed by atoms with van der Waals surface area (Å²) in [6.07, 6.45) is 6.70. The van der Waals surface area contributed by atoms with Gasteiger partial charge in [0.2, 0.25) is 0 Å². The molecule has 0 saturated carbocycles. The minimum Gasteiger partial charge on any atom is -0.376 e. The number of aryl methyl sites for hydroxylation is 2. The van der Waals surface area contributed by atoms with Crippen LogP contribution >= 0.6 is 23.5 Å². The molecule has 3 nitrogen and oxygen atoms in total. The molecule has 10 aromatic rings. The lowest BCUT2D eigenvalue weighted by Crippen LogP contribution is -2.61. The van der Waals surface area contributed by atoms with Crippen LogP contribution in [0.15, 0.2) is 250 Å². The van der Waals surface area contributed by atoms with Gasteiger partial charge in [0, 0.05) is 76.1 Å². The Morgan fingerprint density at radius 2 is 0.878 bits per heavy atom. The lowest BCUT2D eigenvalue weighted by Gasteiger charge is -2.47. The summed E-state index contributed by atoms with van der Waals surface area (Å²) in [4.78, 5) is 13.0. The Hall–Kier alpha value is -7.64. The van der Waals surface area contributed by atoms with Gasteiger partial charge in [-0.05, 0) is 155 Å². The molecule has 6 heteroatoms. The van der Waals surface area contributed by atoms with Crippen LogP contribution in [0.1, 0.15) is 50.7 Å². The van der Waals surface area contributed by atoms with Gasteiger partial charge in [-0.2, -0.15) is 0 Å². The van der Waals surface area contributed by atoms with Crippen molar-refractivity contribution >= 4 is 86.8 Å². The largest absolute Gasteiger partial charge is 0.376 e. The summed E-state index contributed by atoms with van der Waals surface area (Å²) in [5.74, 6) is 0. The Morgan fingerprint density at radius 3 is 1.47 bits per heavy atom. The lowest BCUT2D eigenvalue weighted by atomic mass is 9.43. The van der Waals surface area contributed by atoms with Gasteiger partial charge in [-0.1, -0.05) is 190 Å². The molecule has 3 aliphatic heterocycles. The smallest absolute Gasteiger partial charge is 0.333 e. The first-order valence-electron chi connectivity index (χ1n) is 26.4. The summed E-state index contributed by atoms with van der Waals surface area (Å²) in [6.45, 7) is 4.40. The van der Waals surface area contributed by atoms with Crippen molar-refractivity contribution in [3.8, 4) is 33.4 Å². The Morgan fingerprint density at radius 1 is 0.378 bits per heavy atom. The van der Waals surface area contributed by atoms with Gasteiger partial charge in [0.1, 0.15) is 0 Å². The van der Waals surface area contributed by atoms with Gasteiger partial charge in [0.15, 0.2) is 0 Å². The number of fused-ring (bicyclic) bond motifs is 6. The monoisotopic (exact) mass is 989 g/mol. The van der Waals surface area contributed by atoms with E-state index < -0.39 is 0 Å². The molecule has 0 N–H and O–H groups in total. The van der Waals surface area contributed by atoms with Gasteiger partial charge in [-0.25, -0.2) is 0 Å². The van der Waals surface area contributed by atoms with Crippen molar-refractivity contribution in [2.24, 2.45) is 0 Å². The summed E-state index contributed by atoms with van der Waals surface area (Å²) in [7, 11) is 0. The number of hydrogen-bond donors (Lipinski definition) is 0. The third kappa shape index (κ3) is 8.31. The zero-order valence-corrected chi connectivity index (χ0v) is 43.6. The predicted octanol–water partition coefficient (Wildman–Crippen LogP) is 18.5. The molecular weight excluding hydrogens is 934 g/mol. The SMILES string of the molecule is CCCCc1ccc(N2B3c4cc5c(cc4N(c4ccc(CCCC)cc4-c4ccccc4)c4cc(N(c6ccccc6)c6ccccc6)cc(c43)-c3ccccc32)Sc2ccccc2S5)c(-c2ccccc2)c1. The van der Waals surface area contributed by atoms with E-state index in [9.17, 15) is 0 Å². The molecule has 0 aromatic heterocycles. The fourth-order valence-electron chi connectivity index (χ4n) is 11.5. The number of hydrogen-bond acceptors (Lipinski definition) is 5. The van der Waals surface area contributed by atoms with Gasteiger partial charge in [0.25, 0.3) is 0 Å². The number of para-hydroxylation sites is 3. The maximum atomic E-state index is 2.71. The second kappa shape index (κ2) is 20.0. The average molecular weight is 990 g/mol. The van der Waals surface area contributed by atoms with Crippen molar-refractivity contribution < 1.29 is 0 Å². The Balaban J connectivity index is 1.15. The number of unbranched alkanes of at least 4 members (excludes halogenated alkanes) is 2.